The summed E-state index contributed by atoms with van der Waals surface area (Å²) in [5.74, 6) is 0. The first-order valence-corrected chi connectivity index (χ1v) is 6.60. The summed E-state index contributed by atoms with van der Waals surface area (Å²) in [6, 6.07) is 2.64. The predicted octanol–water partition coefficient (Wildman–Crippen LogP) is 2.82. The van der Waals surface area contributed by atoms with Gasteiger partial charge in [-0.15, -0.1) is 0 Å². The zero-order valence-corrected chi connectivity index (χ0v) is 11.5. The van der Waals surface area contributed by atoms with Gasteiger partial charge in [0.1, 0.15) is 0 Å². The van der Waals surface area contributed by atoms with E-state index >= 15 is 0 Å². The van der Waals surface area contributed by atoms with Gasteiger partial charge in [-0.2, -0.15) is 0 Å². The van der Waals surface area contributed by atoms with Gasteiger partial charge < -0.3 is 10.2 Å². The monoisotopic (exact) mass is 235 g/mol. The van der Waals surface area contributed by atoms with Crippen LogP contribution in [-0.4, -0.2) is 24.1 Å². The van der Waals surface area contributed by atoms with Crippen molar-refractivity contribution in [2.45, 2.75) is 46.7 Å². The van der Waals surface area contributed by atoms with Crippen molar-refractivity contribution in [2.24, 2.45) is 0 Å². The molecule has 0 amide bonds. The van der Waals surface area contributed by atoms with E-state index in [1.54, 1.807) is 0 Å². The first-order chi connectivity index (χ1) is 8.20. The van der Waals surface area contributed by atoms with E-state index in [1.807, 2.05) is 12.4 Å². The van der Waals surface area contributed by atoms with Crippen molar-refractivity contribution >= 4 is 5.69 Å². The summed E-state index contributed by atoms with van der Waals surface area (Å²) in [4.78, 5) is 6.64. The van der Waals surface area contributed by atoms with Gasteiger partial charge in [-0.25, -0.2) is 0 Å². The van der Waals surface area contributed by atoms with Crippen LogP contribution in [0.5, 0.6) is 0 Å². The van der Waals surface area contributed by atoms with Crippen LogP contribution in [0.25, 0.3) is 0 Å². The van der Waals surface area contributed by atoms with Gasteiger partial charge in [0.15, 0.2) is 0 Å². The zero-order valence-electron chi connectivity index (χ0n) is 11.5. The van der Waals surface area contributed by atoms with E-state index < -0.39 is 0 Å². The Morgan fingerprint density at radius 1 is 1.35 bits per heavy atom. The van der Waals surface area contributed by atoms with Gasteiger partial charge in [0.25, 0.3) is 0 Å². The van der Waals surface area contributed by atoms with Crippen LogP contribution >= 0.6 is 0 Å². The van der Waals surface area contributed by atoms with E-state index in [0.717, 1.165) is 26.1 Å². The first kappa shape index (κ1) is 14.0. The quantitative estimate of drug-likeness (QED) is 0.737. The second-order valence-corrected chi connectivity index (χ2v) is 4.56. The van der Waals surface area contributed by atoms with Crippen molar-refractivity contribution in [3.63, 3.8) is 0 Å². The number of hydrogen-bond acceptors (Lipinski definition) is 3. The van der Waals surface area contributed by atoms with Gasteiger partial charge in [-0.05, 0) is 39.8 Å². The number of rotatable bonds is 7. The predicted molar refractivity (Wildman–Crippen MR) is 74.4 cm³/mol. The molecular formula is C14H25N3. The second-order valence-electron chi connectivity index (χ2n) is 4.56. The maximum atomic E-state index is 4.23. The Labute approximate surface area is 105 Å². The van der Waals surface area contributed by atoms with E-state index in [1.165, 1.54) is 11.3 Å². The number of anilines is 1. The lowest BCUT2D eigenvalue weighted by Gasteiger charge is -2.29. The minimum Gasteiger partial charge on any atom is -0.369 e. The molecule has 0 bridgehead atoms. The fraction of sp³-hybridized carbons (Fsp3) is 0.643. The Morgan fingerprint density at radius 3 is 2.71 bits per heavy atom. The molecule has 0 atom stereocenters. The van der Waals surface area contributed by atoms with E-state index in [4.69, 9.17) is 0 Å². The summed E-state index contributed by atoms with van der Waals surface area (Å²) in [6.07, 6.45) is 5.02. The highest BCUT2D eigenvalue weighted by molar-refractivity contribution is 5.52. The summed E-state index contributed by atoms with van der Waals surface area (Å²) >= 11 is 0. The minimum atomic E-state index is 0.521. The fourth-order valence-electron chi connectivity index (χ4n) is 2.05. The van der Waals surface area contributed by atoms with Crippen LogP contribution in [0.15, 0.2) is 18.5 Å². The summed E-state index contributed by atoms with van der Waals surface area (Å²) < 4.78 is 0. The van der Waals surface area contributed by atoms with Gasteiger partial charge in [-0.3, -0.25) is 4.98 Å². The molecule has 0 aromatic carbocycles. The van der Waals surface area contributed by atoms with Crippen LogP contribution in [0.4, 0.5) is 5.69 Å². The van der Waals surface area contributed by atoms with Crippen molar-refractivity contribution in [3.8, 4) is 0 Å². The Morgan fingerprint density at radius 2 is 2.12 bits per heavy atom. The molecule has 0 aliphatic carbocycles. The van der Waals surface area contributed by atoms with Crippen molar-refractivity contribution < 1.29 is 0 Å². The van der Waals surface area contributed by atoms with Gasteiger partial charge >= 0.3 is 0 Å². The average Bonchev–Trinajstić information content (AvgIpc) is 2.32. The molecule has 1 rings (SSSR count). The van der Waals surface area contributed by atoms with Crippen molar-refractivity contribution in [1.29, 1.82) is 0 Å². The summed E-state index contributed by atoms with van der Waals surface area (Å²) in [5.41, 5.74) is 2.60. The normalized spacial score (nSPS) is 10.9. The highest BCUT2D eigenvalue weighted by Gasteiger charge is 2.12. The van der Waals surface area contributed by atoms with Crippen LogP contribution in [0.1, 0.15) is 39.7 Å². The van der Waals surface area contributed by atoms with Crippen LogP contribution in [0.3, 0.4) is 0 Å². The lowest BCUT2D eigenvalue weighted by Crippen LogP contribution is -2.31. The molecule has 1 heterocycles. The maximum absolute atomic E-state index is 4.23. The van der Waals surface area contributed by atoms with Crippen LogP contribution in [0, 0.1) is 0 Å². The Kier molecular flexibility index (Phi) is 5.98. The summed E-state index contributed by atoms with van der Waals surface area (Å²) in [5, 5.41) is 3.44. The standard InChI is InChI=1S/C14H25N3/c1-5-8-15-10-13-11-16-9-7-14(13)17(6-2)12(3)4/h7,9,11-12,15H,5-6,8,10H2,1-4H3. The molecule has 0 fully saturated rings. The molecule has 1 N–H and O–H groups in total. The van der Waals surface area contributed by atoms with Crippen LogP contribution < -0.4 is 10.2 Å². The van der Waals surface area contributed by atoms with E-state index in [2.05, 4.69) is 49.0 Å². The largest absolute Gasteiger partial charge is 0.369 e. The number of pyridine rings is 1. The van der Waals surface area contributed by atoms with E-state index in [9.17, 15) is 0 Å². The Bertz CT molecular complexity index is 323. The molecule has 96 valence electrons. The maximum Gasteiger partial charge on any atom is 0.0445 e. The molecule has 1 aromatic heterocycles. The molecule has 0 aliphatic rings. The number of nitrogens with one attached hydrogen (secondary N) is 1. The lowest BCUT2D eigenvalue weighted by molar-refractivity contribution is 0.659. The summed E-state index contributed by atoms with van der Waals surface area (Å²) in [6.45, 7) is 11.8. The third kappa shape index (κ3) is 4.00. The minimum absolute atomic E-state index is 0.521. The van der Waals surface area contributed by atoms with Gasteiger partial charge in [0.2, 0.25) is 0 Å². The number of nitrogens with zero attached hydrogens (tertiary/aromatic N) is 2. The number of hydrogen-bond donors (Lipinski definition) is 1. The van der Waals surface area contributed by atoms with Gasteiger partial charge in [0.05, 0.1) is 0 Å². The third-order valence-electron chi connectivity index (χ3n) is 2.89. The summed E-state index contributed by atoms with van der Waals surface area (Å²) in [7, 11) is 0. The number of aromatic nitrogens is 1. The topological polar surface area (TPSA) is 28.2 Å². The molecular weight excluding hydrogens is 210 g/mol. The molecule has 0 saturated heterocycles. The van der Waals surface area contributed by atoms with Crippen LogP contribution in [0.2, 0.25) is 0 Å². The average molecular weight is 235 g/mol. The van der Waals surface area contributed by atoms with Crippen molar-refractivity contribution in [1.82, 2.24) is 10.3 Å². The molecule has 3 nitrogen and oxygen atoms in total. The molecule has 0 unspecified atom stereocenters. The zero-order chi connectivity index (χ0) is 12.7. The smallest absolute Gasteiger partial charge is 0.0445 e. The first-order valence-electron chi connectivity index (χ1n) is 6.60. The molecule has 1 aromatic rings. The SMILES string of the molecule is CCCNCc1cnccc1N(CC)C(C)C. The lowest BCUT2D eigenvalue weighted by atomic mass is 10.1. The highest BCUT2D eigenvalue weighted by Crippen LogP contribution is 2.21. The second kappa shape index (κ2) is 7.28. The van der Waals surface area contributed by atoms with Crippen molar-refractivity contribution in [3.05, 3.63) is 24.0 Å². The van der Waals surface area contributed by atoms with Crippen molar-refractivity contribution in [2.75, 3.05) is 18.0 Å². The molecule has 0 radical (unpaired) electrons. The van der Waals surface area contributed by atoms with E-state index in [0.29, 0.717) is 6.04 Å². The van der Waals surface area contributed by atoms with Crippen LogP contribution in [-0.2, 0) is 6.54 Å². The van der Waals surface area contributed by atoms with Gasteiger partial charge in [-0.1, -0.05) is 6.92 Å². The Hall–Kier alpha value is -1.09. The third-order valence-corrected chi connectivity index (χ3v) is 2.89. The highest BCUT2D eigenvalue weighted by atomic mass is 15.2. The molecule has 0 spiro atoms. The Balaban J connectivity index is 2.82. The molecule has 0 saturated carbocycles. The van der Waals surface area contributed by atoms with Gasteiger partial charge in [0, 0.05) is 42.8 Å². The molecule has 0 aliphatic heterocycles. The van der Waals surface area contributed by atoms with E-state index in [-0.39, 0.29) is 0 Å². The molecule has 17 heavy (non-hydrogen) atoms. The fourth-order valence-corrected chi connectivity index (χ4v) is 2.05. The molecule has 3 heteroatoms.